The Bertz CT molecular complexity index is 339. The van der Waals surface area contributed by atoms with Crippen LogP contribution in [0.3, 0.4) is 0 Å². The normalized spacial score (nSPS) is 22.2. The third kappa shape index (κ3) is 4.23. The molecule has 0 amide bonds. The van der Waals surface area contributed by atoms with Crippen molar-refractivity contribution >= 4 is 0 Å². The number of nitrogens with zero attached hydrogens (tertiary/aromatic N) is 1. The van der Waals surface area contributed by atoms with Crippen LogP contribution in [-0.4, -0.2) is 24.5 Å². The van der Waals surface area contributed by atoms with Gasteiger partial charge in [-0.05, 0) is 36.5 Å². The first kappa shape index (κ1) is 13.8. The molecule has 2 N–H and O–H groups in total. The summed E-state index contributed by atoms with van der Waals surface area (Å²) >= 11 is 0. The van der Waals surface area contributed by atoms with Gasteiger partial charge in [-0.1, -0.05) is 38.8 Å². The summed E-state index contributed by atoms with van der Waals surface area (Å²) in [6.45, 7) is 17.0. The zero-order valence-corrected chi connectivity index (χ0v) is 10.9. The number of allylic oxidation sites excluding steroid dienone is 3. The van der Waals surface area contributed by atoms with Crippen molar-refractivity contribution in [1.82, 2.24) is 4.90 Å². The molecule has 0 aromatic rings. The highest BCUT2D eigenvalue weighted by Gasteiger charge is 2.17. The van der Waals surface area contributed by atoms with Crippen molar-refractivity contribution in [2.75, 3.05) is 19.6 Å². The summed E-state index contributed by atoms with van der Waals surface area (Å²) in [6.07, 6.45) is 6.39. The average molecular weight is 232 g/mol. The van der Waals surface area contributed by atoms with E-state index in [2.05, 4.69) is 31.6 Å². The molecule has 0 bridgehead atoms. The SMILES string of the molecule is C=C/C=C(/CN1CCCC(C)C1)C(=C)C(=C)N. The molecule has 0 aromatic carbocycles. The summed E-state index contributed by atoms with van der Waals surface area (Å²) < 4.78 is 0. The zero-order chi connectivity index (χ0) is 12.8. The lowest BCUT2D eigenvalue weighted by Gasteiger charge is -2.31. The molecule has 17 heavy (non-hydrogen) atoms. The largest absolute Gasteiger partial charge is 0.399 e. The number of hydrogen-bond donors (Lipinski definition) is 1. The second kappa shape index (κ2) is 6.45. The first-order valence-corrected chi connectivity index (χ1v) is 6.22. The van der Waals surface area contributed by atoms with Crippen LogP contribution in [0.15, 0.2) is 48.7 Å². The summed E-state index contributed by atoms with van der Waals surface area (Å²) in [7, 11) is 0. The van der Waals surface area contributed by atoms with E-state index in [9.17, 15) is 0 Å². The minimum Gasteiger partial charge on any atom is -0.399 e. The maximum atomic E-state index is 5.71. The van der Waals surface area contributed by atoms with Crippen LogP contribution in [-0.2, 0) is 0 Å². The number of hydrogen-bond acceptors (Lipinski definition) is 2. The van der Waals surface area contributed by atoms with Crippen molar-refractivity contribution in [2.45, 2.75) is 19.8 Å². The van der Waals surface area contributed by atoms with Gasteiger partial charge < -0.3 is 5.73 Å². The summed E-state index contributed by atoms with van der Waals surface area (Å²) in [5.74, 6) is 0.781. The first-order chi connectivity index (χ1) is 8.04. The van der Waals surface area contributed by atoms with Crippen molar-refractivity contribution < 1.29 is 0 Å². The molecular weight excluding hydrogens is 208 g/mol. The van der Waals surface area contributed by atoms with E-state index < -0.39 is 0 Å². The topological polar surface area (TPSA) is 29.3 Å². The molecule has 1 saturated heterocycles. The van der Waals surface area contributed by atoms with Gasteiger partial charge in [-0.3, -0.25) is 4.90 Å². The number of nitrogens with two attached hydrogens (primary N) is 1. The quantitative estimate of drug-likeness (QED) is 0.739. The van der Waals surface area contributed by atoms with Gasteiger partial charge in [0.05, 0.1) is 0 Å². The van der Waals surface area contributed by atoms with E-state index in [0.29, 0.717) is 5.70 Å². The second-order valence-corrected chi connectivity index (χ2v) is 4.91. The number of piperidine rings is 1. The maximum Gasteiger partial charge on any atom is 0.0311 e. The van der Waals surface area contributed by atoms with Gasteiger partial charge in [0.2, 0.25) is 0 Å². The lowest BCUT2D eigenvalue weighted by Crippen LogP contribution is -2.36. The van der Waals surface area contributed by atoms with Gasteiger partial charge >= 0.3 is 0 Å². The van der Waals surface area contributed by atoms with Crippen LogP contribution in [0, 0.1) is 5.92 Å². The van der Waals surface area contributed by atoms with Gasteiger partial charge in [0, 0.05) is 18.8 Å². The van der Waals surface area contributed by atoms with Crippen molar-refractivity contribution in [2.24, 2.45) is 11.7 Å². The standard InChI is InChI=1S/C15H24N2/c1-5-7-15(13(3)14(4)16)11-17-9-6-8-12(2)10-17/h5,7,12H,1,3-4,6,8-11,16H2,2H3/b15-7-. The monoisotopic (exact) mass is 232 g/mol. The summed E-state index contributed by atoms with van der Waals surface area (Å²) in [5.41, 5.74) is 8.22. The van der Waals surface area contributed by atoms with Crippen LogP contribution in [0.4, 0.5) is 0 Å². The molecule has 2 nitrogen and oxygen atoms in total. The molecule has 1 aliphatic rings. The molecule has 94 valence electrons. The molecule has 0 aliphatic carbocycles. The van der Waals surface area contributed by atoms with Crippen LogP contribution in [0.5, 0.6) is 0 Å². The van der Waals surface area contributed by atoms with Crippen molar-refractivity contribution in [3.05, 3.63) is 48.7 Å². The molecule has 1 heterocycles. The third-order valence-electron chi connectivity index (χ3n) is 3.23. The van der Waals surface area contributed by atoms with Crippen molar-refractivity contribution in [3.8, 4) is 0 Å². The highest BCUT2D eigenvalue weighted by molar-refractivity contribution is 5.43. The zero-order valence-electron chi connectivity index (χ0n) is 10.9. The molecule has 1 fully saturated rings. The first-order valence-electron chi connectivity index (χ1n) is 6.22. The lowest BCUT2D eigenvalue weighted by atomic mass is 9.98. The fraction of sp³-hybridized carbons (Fsp3) is 0.467. The van der Waals surface area contributed by atoms with E-state index in [-0.39, 0.29) is 0 Å². The van der Waals surface area contributed by atoms with Gasteiger partial charge in [0.15, 0.2) is 0 Å². The van der Waals surface area contributed by atoms with Crippen LogP contribution >= 0.6 is 0 Å². The molecule has 0 spiro atoms. The number of likely N-dealkylation sites (tertiary alicyclic amines) is 1. The minimum atomic E-state index is 0.545. The predicted molar refractivity (Wildman–Crippen MR) is 75.6 cm³/mol. The van der Waals surface area contributed by atoms with Crippen molar-refractivity contribution in [1.29, 1.82) is 0 Å². The molecule has 0 radical (unpaired) electrons. The van der Waals surface area contributed by atoms with Gasteiger partial charge in [-0.15, -0.1) is 0 Å². The van der Waals surface area contributed by atoms with E-state index in [4.69, 9.17) is 5.73 Å². The molecule has 1 atom stereocenters. The Hall–Kier alpha value is -1.28. The van der Waals surface area contributed by atoms with Crippen LogP contribution in [0.25, 0.3) is 0 Å². The predicted octanol–water partition coefficient (Wildman–Crippen LogP) is 2.86. The maximum absolute atomic E-state index is 5.71. The van der Waals surface area contributed by atoms with Gasteiger partial charge in [-0.25, -0.2) is 0 Å². The van der Waals surface area contributed by atoms with Crippen LogP contribution < -0.4 is 5.73 Å². The Morgan fingerprint density at radius 3 is 2.71 bits per heavy atom. The second-order valence-electron chi connectivity index (χ2n) is 4.91. The van der Waals surface area contributed by atoms with Gasteiger partial charge in [0.25, 0.3) is 0 Å². The molecule has 1 rings (SSSR count). The Morgan fingerprint density at radius 1 is 1.47 bits per heavy atom. The van der Waals surface area contributed by atoms with Gasteiger partial charge in [0.1, 0.15) is 0 Å². The summed E-state index contributed by atoms with van der Waals surface area (Å²) in [5, 5.41) is 0. The Morgan fingerprint density at radius 2 is 2.18 bits per heavy atom. The van der Waals surface area contributed by atoms with E-state index in [1.165, 1.54) is 12.8 Å². The fourth-order valence-electron chi connectivity index (χ4n) is 2.27. The highest BCUT2D eigenvalue weighted by atomic mass is 15.1. The molecule has 0 saturated carbocycles. The van der Waals surface area contributed by atoms with Gasteiger partial charge in [-0.2, -0.15) is 0 Å². The highest BCUT2D eigenvalue weighted by Crippen LogP contribution is 2.20. The summed E-state index contributed by atoms with van der Waals surface area (Å²) in [4.78, 5) is 2.46. The van der Waals surface area contributed by atoms with Crippen LogP contribution in [0.2, 0.25) is 0 Å². The van der Waals surface area contributed by atoms with Crippen molar-refractivity contribution in [3.63, 3.8) is 0 Å². The minimum absolute atomic E-state index is 0.545. The molecular formula is C15H24N2. The van der Waals surface area contributed by atoms with E-state index >= 15 is 0 Å². The molecule has 1 aliphatic heterocycles. The molecule has 2 heteroatoms. The molecule has 0 aromatic heterocycles. The van der Waals surface area contributed by atoms with E-state index in [0.717, 1.165) is 36.7 Å². The Balaban J connectivity index is 2.67. The lowest BCUT2D eigenvalue weighted by molar-refractivity contribution is 0.198. The Kier molecular flexibility index (Phi) is 5.23. The smallest absolute Gasteiger partial charge is 0.0311 e. The third-order valence-corrected chi connectivity index (χ3v) is 3.23. The van der Waals surface area contributed by atoms with Crippen LogP contribution in [0.1, 0.15) is 19.8 Å². The van der Waals surface area contributed by atoms with E-state index in [1.807, 2.05) is 6.08 Å². The van der Waals surface area contributed by atoms with E-state index in [1.54, 1.807) is 6.08 Å². The molecule has 1 unspecified atom stereocenters. The average Bonchev–Trinajstić information content (AvgIpc) is 2.27. The number of rotatable bonds is 5. The summed E-state index contributed by atoms with van der Waals surface area (Å²) in [6, 6.07) is 0. The Labute approximate surface area is 105 Å². The fourth-order valence-corrected chi connectivity index (χ4v) is 2.27.